The van der Waals surface area contributed by atoms with Gasteiger partial charge in [-0.25, -0.2) is 4.98 Å². The lowest BCUT2D eigenvalue weighted by atomic mass is 10.4. The van der Waals surface area contributed by atoms with Crippen molar-refractivity contribution >= 4 is 23.3 Å². The van der Waals surface area contributed by atoms with Crippen LogP contribution in [-0.2, 0) is 0 Å². The predicted octanol–water partition coefficient (Wildman–Crippen LogP) is 2.72. The van der Waals surface area contributed by atoms with Crippen molar-refractivity contribution in [2.45, 2.75) is 9.79 Å². The second-order valence-electron chi connectivity index (χ2n) is 3.22. The zero-order chi connectivity index (χ0) is 12.3. The van der Waals surface area contributed by atoms with E-state index in [0.717, 1.165) is 4.90 Å². The summed E-state index contributed by atoms with van der Waals surface area (Å²) in [4.78, 5) is 15.5. The van der Waals surface area contributed by atoms with Gasteiger partial charge in [0.2, 0.25) is 5.82 Å². The monoisotopic (exact) mass is 247 g/mol. The number of hydrogen-bond acceptors (Lipinski definition) is 5. The fourth-order valence-electron chi connectivity index (χ4n) is 1.33. The first kappa shape index (κ1) is 11.4. The number of nitrogens with zero attached hydrogens (tertiary/aromatic N) is 2. The van der Waals surface area contributed by atoms with Crippen LogP contribution < -0.4 is 5.73 Å². The van der Waals surface area contributed by atoms with E-state index in [1.165, 1.54) is 18.0 Å². The Balaban J connectivity index is 2.40. The van der Waals surface area contributed by atoms with Gasteiger partial charge in [-0.3, -0.25) is 10.1 Å². The fourth-order valence-corrected chi connectivity index (χ4v) is 2.28. The molecule has 1 aromatic heterocycles. The van der Waals surface area contributed by atoms with E-state index >= 15 is 0 Å². The lowest BCUT2D eigenvalue weighted by molar-refractivity contribution is -0.387. The van der Waals surface area contributed by atoms with E-state index in [9.17, 15) is 10.1 Å². The molecule has 0 radical (unpaired) electrons. The molecule has 86 valence electrons. The number of rotatable bonds is 3. The van der Waals surface area contributed by atoms with Gasteiger partial charge in [0.25, 0.3) is 0 Å². The first-order valence-electron chi connectivity index (χ1n) is 4.80. The van der Waals surface area contributed by atoms with Gasteiger partial charge in [0, 0.05) is 11.1 Å². The molecule has 5 nitrogen and oxygen atoms in total. The second kappa shape index (κ2) is 4.84. The van der Waals surface area contributed by atoms with Crippen molar-refractivity contribution in [2.75, 3.05) is 5.73 Å². The summed E-state index contributed by atoms with van der Waals surface area (Å²) in [7, 11) is 0. The van der Waals surface area contributed by atoms with Gasteiger partial charge in [-0.05, 0) is 18.2 Å². The van der Waals surface area contributed by atoms with Crippen LogP contribution in [0.25, 0.3) is 0 Å². The molecule has 0 fully saturated rings. The Hall–Kier alpha value is -2.08. The molecule has 0 saturated heterocycles. The molecule has 1 aromatic carbocycles. The van der Waals surface area contributed by atoms with Crippen molar-refractivity contribution in [3.63, 3.8) is 0 Å². The number of anilines is 1. The third-order valence-electron chi connectivity index (χ3n) is 2.07. The molecule has 2 N–H and O–H groups in total. The lowest BCUT2D eigenvalue weighted by Gasteiger charge is -2.03. The summed E-state index contributed by atoms with van der Waals surface area (Å²) in [6.45, 7) is 0. The van der Waals surface area contributed by atoms with E-state index in [1.807, 2.05) is 30.3 Å². The molecule has 0 atom stereocenters. The summed E-state index contributed by atoms with van der Waals surface area (Å²) in [6, 6.07) is 11.0. The van der Waals surface area contributed by atoms with E-state index in [2.05, 4.69) is 4.98 Å². The van der Waals surface area contributed by atoms with Gasteiger partial charge in [0.1, 0.15) is 0 Å². The number of nitro groups is 1. The molecule has 1 heterocycles. The summed E-state index contributed by atoms with van der Waals surface area (Å²) in [6.07, 6.45) is 1.47. The maximum atomic E-state index is 10.9. The van der Waals surface area contributed by atoms with Crippen LogP contribution in [-0.4, -0.2) is 9.91 Å². The first-order valence-corrected chi connectivity index (χ1v) is 5.62. The van der Waals surface area contributed by atoms with Crippen LogP contribution in [0.4, 0.5) is 11.5 Å². The largest absolute Gasteiger partial charge is 0.378 e. The summed E-state index contributed by atoms with van der Waals surface area (Å²) in [5.41, 5.74) is 5.37. The van der Waals surface area contributed by atoms with Crippen molar-refractivity contribution in [3.05, 3.63) is 52.7 Å². The van der Waals surface area contributed by atoms with Gasteiger partial charge in [0.05, 0.1) is 9.82 Å². The van der Waals surface area contributed by atoms with Gasteiger partial charge < -0.3 is 5.73 Å². The molecule has 0 spiro atoms. The molecule has 2 rings (SSSR count). The van der Waals surface area contributed by atoms with Crippen LogP contribution in [0, 0.1) is 10.1 Å². The first-order chi connectivity index (χ1) is 8.18. The third kappa shape index (κ3) is 2.54. The standard InChI is InChI=1S/C11H9N3O2S/c12-11-10(14(15)16)9(6-7-13-11)17-8-4-2-1-3-5-8/h1-7H,(H2,12,13). The minimum atomic E-state index is -0.506. The molecular weight excluding hydrogens is 238 g/mol. The van der Waals surface area contributed by atoms with Gasteiger partial charge in [-0.15, -0.1) is 0 Å². The Bertz CT molecular complexity index is 546. The SMILES string of the molecule is Nc1nccc(Sc2ccccc2)c1[N+](=O)[O-]. The molecule has 17 heavy (non-hydrogen) atoms. The highest BCUT2D eigenvalue weighted by Gasteiger charge is 2.19. The van der Waals surface area contributed by atoms with Crippen LogP contribution in [0.15, 0.2) is 52.4 Å². The summed E-state index contributed by atoms with van der Waals surface area (Å²) >= 11 is 1.30. The fraction of sp³-hybridized carbons (Fsp3) is 0. The Morgan fingerprint density at radius 3 is 2.59 bits per heavy atom. The number of benzene rings is 1. The number of pyridine rings is 1. The lowest BCUT2D eigenvalue weighted by Crippen LogP contribution is -1.99. The molecule has 6 heteroatoms. The van der Waals surface area contributed by atoms with Crippen LogP contribution >= 0.6 is 11.8 Å². The molecule has 0 unspecified atom stereocenters. The highest BCUT2D eigenvalue weighted by atomic mass is 32.2. The van der Waals surface area contributed by atoms with Gasteiger partial charge in [-0.2, -0.15) is 0 Å². The maximum Gasteiger partial charge on any atom is 0.324 e. The topological polar surface area (TPSA) is 82.0 Å². The third-order valence-corrected chi connectivity index (χ3v) is 3.13. The summed E-state index contributed by atoms with van der Waals surface area (Å²) < 4.78 is 0. The Kier molecular flexibility index (Phi) is 3.24. The summed E-state index contributed by atoms with van der Waals surface area (Å²) in [5.74, 6) is -0.0593. The number of nitrogens with two attached hydrogens (primary N) is 1. The Morgan fingerprint density at radius 2 is 1.94 bits per heavy atom. The zero-order valence-electron chi connectivity index (χ0n) is 8.74. The second-order valence-corrected chi connectivity index (χ2v) is 4.33. The molecular formula is C11H9N3O2S. The van der Waals surface area contributed by atoms with E-state index < -0.39 is 4.92 Å². The van der Waals surface area contributed by atoms with Crippen LogP contribution in [0.1, 0.15) is 0 Å². The highest BCUT2D eigenvalue weighted by molar-refractivity contribution is 7.99. The van der Waals surface area contributed by atoms with Crippen molar-refractivity contribution < 1.29 is 4.92 Å². The average molecular weight is 247 g/mol. The van der Waals surface area contributed by atoms with Crippen LogP contribution in [0.5, 0.6) is 0 Å². The average Bonchev–Trinajstić information content (AvgIpc) is 2.30. The molecule has 2 aromatic rings. The van der Waals surface area contributed by atoms with E-state index in [1.54, 1.807) is 6.07 Å². The normalized spacial score (nSPS) is 10.1. The number of nitrogen functional groups attached to an aromatic ring is 1. The molecule has 0 aliphatic rings. The van der Waals surface area contributed by atoms with Crippen molar-refractivity contribution in [2.24, 2.45) is 0 Å². The van der Waals surface area contributed by atoms with Crippen molar-refractivity contribution in [3.8, 4) is 0 Å². The molecule has 0 aliphatic heterocycles. The molecule has 0 aliphatic carbocycles. The number of hydrogen-bond donors (Lipinski definition) is 1. The van der Waals surface area contributed by atoms with Crippen LogP contribution in [0.3, 0.4) is 0 Å². The quantitative estimate of drug-likeness (QED) is 0.666. The van der Waals surface area contributed by atoms with Crippen molar-refractivity contribution in [1.29, 1.82) is 0 Å². The van der Waals surface area contributed by atoms with Crippen molar-refractivity contribution in [1.82, 2.24) is 4.98 Å². The molecule has 0 bridgehead atoms. The number of aromatic nitrogens is 1. The highest BCUT2D eigenvalue weighted by Crippen LogP contribution is 2.36. The smallest absolute Gasteiger partial charge is 0.324 e. The van der Waals surface area contributed by atoms with Gasteiger partial charge in [0.15, 0.2) is 0 Å². The Morgan fingerprint density at radius 1 is 1.24 bits per heavy atom. The minimum Gasteiger partial charge on any atom is -0.378 e. The Labute approximate surface area is 102 Å². The minimum absolute atomic E-state index is 0.0593. The van der Waals surface area contributed by atoms with E-state index in [-0.39, 0.29) is 11.5 Å². The predicted molar refractivity (Wildman–Crippen MR) is 65.9 cm³/mol. The van der Waals surface area contributed by atoms with Gasteiger partial charge in [-0.1, -0.05) is 30.0 Å². The molecule has 0 saturated carbocycles. The zero-order valence-corrected chi connectivity index (χ0v) is 9.55. The molecule has 0 amide bonds. The van der Waals surface area contributed by atoms with E-state index in [0.29, 0.717) is 4.90 Å². The van der Waals surface area contributed by atoms with E-state index in [4.69, 9.17) is 5.73 Å². The van der Waals surface area contributed by atoms with Gasteiger partial charge >= 0.3 is 5.69 Å². The maximum absolute atomic E-state index is 10.9. The van der Waals surface area contributed by atoms with Crippen LogP contribution in [0.2, 0.25) is 0 Å². The summed E-state index contributed by atoms with van der Waals surface area (Å²) in [5, 5.41) is 10.9.